The zero-order valence-electron chi connectivity index (χ0n) is 13.7. The van der Waals surface area contributed by atoms with Crippen LogP contribution < -0.4 is 10.6 Å². The summed E-state index contributed by atoms with van der Waals surface area (Å²) in [6.07, 6.45) is 3.44. The molecule has 1 aromatic heterocycles. The smallest absolute Gasteiger partial charge is 0.270 e. The van der Waals surface area contributed by atoms with Gasteiger partial charge in [-0.25, -0.2) is 0 Å². The SMILES string of the molecule is CCn1nc(CC(C)C)cc1C(=O)N[C@@H]1CCCCNC1=O. The second-order valence-corrected chi connectivity index (χ2v) is 6.25. The first-order valence-corrected chi connectivity index (χ1v) is 8.16. The molecule has 0 aromatic carbocycles. The van der Waals surface area contributed by atoms with Crippen molar-refractivity contribution in [2.75, 3.05) is 6.54 Å². The molecule has 6 heteroatoms. The van der Waals surface area contributed by atoms with Gasteiger partial charge in [-0.2, -0.15) is 5.10 Å². The monoisotopic (exact) mass is 306 g/mol. The molecular weight excluding hydrogens is 280 g/mol. The van der Waals surface area contributed by atoms with Crippen LogP contribution in [0.25, 0.3) is 0 Å². The summed E-state index contributed by atoms with van der Waals surface area (Å²) in [6, 6.07) is 1.40. The highest BCUT2D eigenvalue weighted by Crippen LogP contribution is 2.12. The molecule has 0 bridgehead atoms. The van der Waals surface area contributed by atoms with Crippen molar-refractivity contribution >= 4 is 11.8 Å². The highest BCUT2D eigenvalue weighted by molar-refractivity contribution is 5.96. The van der Waals surface area contributed by atoms with E-state index in [0.29, 0.717) is 31.1 Å². The van der Waals surface area contributed by atoms with Crippen LogP contribution in [0.5, 0.6) is 0 Å². The molecule has 22 heavy (non-hydrogen) atoms. The zero-order chi connectivity index (χ0) is 16.1. The van der Waals surface area contributed by atoms with Gasteiger partial charge < -0.3 is 10.6 Å². The molecule has 1 atom stereocenters. The molecule has 2 N–H and O–H groups in total. The lowest BCUT2D eigenvalue weighted by Crippen LogP contribution is -2.45. The van der Waals surface area contributed by atoms with Crippen molar-refractivity contribution in [1.29, 1.82) is 0 Å². The van der Waals surface area contributed by atoms with E-state index in [9.17, 15) is 9.59 Å². The Balaban J connectivity index is 2.10. The summed E-state index contributed by atoms with van der Waals surface area (Å²) in [5, 5.41) is 10.2. The summed E-state index contributed by atoms with van der Waals surface area (Å²) >= 11 is 0. The number of nitrogens with one attached hydrogen (secondary N) is 2. The molecule has 1 saturated heterocycles. The molecule has 1 aromatic rings. The first-order chi connectivity index (χ1) is 10.5. The van der Waals surface area contributed by atoms with Gasteiger partial charge in [-0.15, -0.1) is 0 Å². The summed E-state index contributed by atoms with van der Waals surface area (Å²) in [4.78, 5) is 24.4. The van der Waals surface area contributed by atoms with Gasteiger partial charge in [-0.1, -0.05) is 13.8 Å². The molecule has 0 unspecified atom stereocenters. The third-order valence-corrected chi connectivity index (χ3v) is 3.82. The second kappa shape index (κ2) is 7.42. The lowest BCUT2D eigenvalue weighted by atomic mass is 10.1. The molecule has 0 spiro atoms. The molecule has 1 aliphatic rings. The highest BCUT2D eigenvalue weighted by atomic mass is 16.2. The van der Waals surface area contributed by atoms with Gasteiger partial charge in [-0.3, -0.25) is 14.3 Å². The number of aromatic nitrogens is 2. The van der Waals surface area contributed by atoms with Crippen LogP contribution in [0, 0.1) is 5.92 Å². The Morgan fingerprint density at radius 1 is 1.50 bits per heavy atom. The molecule has 0 saturated carbocycles. The van der Waals surface area contributed by atoms with Gasteiger partial charge in [0, 0.05) is 13.1 Å². The number of aryl methyl sites for hydroxylation is 1. The Kier molecular flexibility index (Phi) is 5.57. The van der Waals surface area contributed by atoms with Crippen LogP contribution in [0.4, 0.5) is 0 Å². The predicted octanol–water partition coefficient (Wildman–Crippen LogP) is 1.50. The number of carbonyl (C=O) groups excluding carboxylic acids is 2. The molecule has 1 aliphatic heterocycles. The van der Waals surface area contributed by atoms with E-state index in [-0.39, 0.29) is 11.8 Å². The Morgan fingerprint density at radius 3 is 2.95 bits per heavy atom. The van der Waals surface area contributed by atoms with E-state index in [4.69, 9.17) is 0 Å². The summed E-state index contributed by atoms with van der Waals surface area (Å²) in [5.74, 6) is 0.186. The van der Waals surface area contributed by atoms with Crippen molar-refractivity contribution in [2.24, 2.45) is 5.92 Å². The van der Waals surface area contributed by atoms with Gasteiger partial charge in [0.15, 0.2) is 0 Å². The average Bonchev–Trinajstić information content (AvgIpc) is 2.76. The maximum absolute atomic E-state index is 12.5. The molecular formula is C16H26N4O2. The minimum absolute atomic E-state index is 0.0872. The van der Waals surface area contributed by atoms with Crippen LogP contribution in [0.1, 0.15) is 56.2 Å². The third kappa shape index (κ3) is 4.08. The fourth-order valence-electron chi connectivity index (χ4n) is 2.72. The van der Waals surface area contributed by atoms with Crippen molar-refractivity contribution in [1.82, 2.24) is 20.4 Å². The van der Waals surface area contributed by atoms with E-state index in [2.05, 4.69) is 29.6 Å². The van der Waals surface area contributed by atoms with Crippen molar-refractivity contribution < 1.29 is 9.59 Å². The number of hydrogen-bond acceptors (Lipinski definition) is 3. The van der Waals surface area contributed by atoms with E-state index < -0.39 is 6.04 Å². The predicted molar refractivity (Wildman–Crippen MR) is 84.6 cm³/mol. The van der Waals surface area contributed by atoms with Gasteiger partial charge in [0.05, 0.1) is 5.69 Å². The van der Waals surface area contributed by atoms with Crippen molar-refractivity contribution in [2.45, 2.75) is 59.0 Å². The summed E-state index contributed by atoms with van der Waals surface area (Å²) in [6.45, 7) is 7.54. The Bertz CT molecular complexity index is 536. The van der Waals surface area contributed by atoms with Crippen LogP contribution >= 0.6 is 0 Å². The van der Waals surface area contributed by atoms with Gasteiger partial charge in [0.25, 0.3) is 5.91 Å². The Labute approximate surface area is 131 Å². The molecule has 2 rings (SSSR count). The summed E-state index contributed by atoms with van der Waals surface area (Å²) in [5.41, 5.74) is 1.46. The normalized spacial score (nSPS) is 18.9. The van der Waals surface area contributed by atoms with Gasteiger partial charge in [0.1, 0.15) is 11.7 Å². The highest BCUT2D eigenvalue weighted by Gasteiger charge is 2.24. The maximum atomic E-state index is 12.5. The molecule has 122 valence electrons. The van der Waals surface area contributed by atoms with Gasteiger partial charge in [-0.05, 0) is 44.6 Å². The van der Waals surface area contributed by atoms with E-state index in [1.807, 2.05) is 13.0 Å². The largest absolute Gasteiger partial charge is 0.354 e. The number of rotatable bonds is 5. The minimum Gasteiger partial charge on any atom is -0.354 e. The van der Waals surface area contributed by atoms with E-state index in [1.54, 1.807) is 4.68 Å². The van der Waals surface area contributed by atoms with E-state index >= 15 is 0 Å². The molecule has 1 fully saturated rings. The van der Waals surface area contributed by atoms with Crippen LogP contribution in [-0.4, -0.2) is 34.2 Å². The van der Waals surface area contributed by atoms with Crippen molar-refractivity contribution in [3.63, 3.8) is 0 Å². The molecule has 2 amide bonds. The first-order valence-electron chi connectivity index (χ1n) is 8.16. The summed E-state index contributed by atoms with van der Waals surface area (Å²) in [7, 11) is 0. The number of amides is 2. The van der Waals surface area contributed by atoms with Crippen LogP contribution in [-0.2, 0) is 17.8 Å². The molecule has 2 heterocycles. The number of hydrogen-bond donors (Lipinski definition) is 2. The quantitative estimate of drug-likeness (QED) is 0.865. The van der Waals surface area contributed by atoms with E-state index in [0.717, 1.165) is 25.0 Å². The average molecular weight is 306 g/mol. The zero-order valence-corrected chi connectivity index (χ0v) is 13.7. The lowest BCUT2D eigenvalue weighted by Gasteiger charge is -2.15. The Morgan fingerprint density at radius 2 is 2.27 bits per heavy atom. The second-order valence-electron chi connectivity index (χ2n) is 6.25. The van der Waals surface area contributed by atoms with E-state index in [1.165, 1.54) is 0 Å². The lowest BCUT2D eigenvalue weighted by molar-refractivity contribution is -0.122. The minimum atomic E-state index is -0.441. The topological polar surface area (TPSA) is 76.0 Å². The van der Waals surface area contributed by atoms with Gasteiger partial charge in [0.2, 0.25) is 5.91 Å². The van der Waals surface area contributed by atoms with Crippen molar-refractivity contribution in [3.8, 4) is 0 Å². The Hall–Kier alpha value is -1.85. The van der Waals surface area contributed by atoms with Crippen LogP contribution in [0.15, 0.2) is 6.07 Å². The third-order valence-electron chi connectivity index (χ3n) is 3.82. The fraction of sp³-hybridized carbons (Fsp3) is 0.688. The van der Waals surface area contributed by atoms with Gasteiger partial charge >= 0.3 is 0 Å². The molecule has 0 radical (unpaired) electrons. The number of nitrogens with zero attached hydrogens (tertiary/aromatic N) is 2. The van der Waals surface area contributed by atoms with Crippen LogP contribution in [0.2, 0.25) is 0 Å². The standard InChI is InChI=1S/C16H26N4O2/c1-4-20-14(10-12(19-20)9-11(2)3)16(22)18-13-7-5-6-8-17-15(13)21/h10-11,13H,4-9H2,1-3H3,(H,17,21)(H,18,22)/t13-/m1/s1. The number of carbonyl (C=O) groups is 2. The van der Waals surface area contributed by atoms with Crippen LogP contribution in [0.3, 0.4) is 0 Å². The fourth-order valence-corrected chi connectivity index (χ4v) is 2.72. The molecule has 6 nitrogen and oxygen atoms in total. The maximum Gasteiger partial charge on any atom is 0.270 e. The van der Waals surface area contributed by atoms with Crippen molar-refractivity contribution in [3.05, 3.63) is 17.5 Å². The summed E-state index contributed by atoms with van der Waals surface area (Å²) < 4.78 is 1.71. The first kappa shape index (κ1) is 16.5. The molecule has 0 aliphatic carbocycles.